The number of anilines is 1. The van der Waals surface area contributed by atoms with Crippen LogP contribution in [0.5, 0.6) is 17.2 Å². The summed E-state index contributed by atoms with van der Waals surface area (Å²) in [7, 11) is 6.05. The molecule has 12 heteroatoms. The van der Waals surface area contributed by atoms with Gasteiger partial charge in [-0.15, -0.1) is 0 Å². The van der Waals surface area contributed by atoms with Crippen LogP contribution in [0.1, 0.15) is 29.2 Å². The van der Waals surface area contributed by atoms with Gasteiger partial charge < -0.3 is 24.4 Å². The van der Waals surface area contributed by atoms with Crippen molar-refractivity contribution in [1.82, 2.24) is 9.91 Å². The standard InChI is InChI=1S/C29H29F3N4O5/c1-35(28(38)33-20-9-7-19(8-10-20)29(30,31)32)17-27(37)36-25(18-5-11-21(39-2)12-6-18)16-24(34-36)23-14-13-22(40-3)15-26(23)41-4/h5-15,25H,16-17H2,1-4H3,(H,33,38)/t25-/m1/s1. The summed E-state index contributed by atoms with van der Waals surface area (Å²) >= 11 is 0. The number of urea groups is 1. The lowest BCUT2D eigenvalue weighted by molar-refractivity contribution is -0.137. The molecule has 0 spiro atoms. The van der Waals surface area contributed by atoms with Crippen molar-refractivity contribution >= 4 is 23.3 Å². The number of halogens is 3. The van der Waals surface area contributed by atoms with Crippen LogP contribution in [0.2, 0.25) is 0 Å². The molecule has 1 heterocycles. The van der Waals surface area contributed by atoms with E-state index in [1.807, 2.05) is 12.1 Å². The molecule has 0 fully saturated rings. The van der Waals surface area contributed by atoms with Crippen LogP contribution in [0.15, 0.2) is 71.8 Å². The first-order valence-electron chi connectivity index (χ1n) is 12.5. The third-order valence-corrected chi connectivity index (χ3v) is 6.57. The average molecular weight is 571 g/mol. The zero-order valence-electron chi connectivity index (χ0n) is 22.9. The molecule has 1 aliphatic rings. The second-order valence-electron chi connectivity index (χ2n) is 9.21. The Bertz CT molecular complexity index is 1430. The number of hydrogen-bond acceptors (Lipinski definition) is 6. The lowest BCUT2D eigenvalue weighted by Crippen LogP contribution is -2.41. The van der Waals surface area contributed by atoms with E-state index in [0.29, 0.717) is 34.9 Å². The Morgan fingerprint density at radius 1 is 0.951 bits per heavy atom. The fourth-order valence-corrected chi connectivity index (χ4v) is 4.33. The number of benzene rings is 3. The van der Waals surface area contributed by atoms with Crippen LogP contribution in [0.25, 0.3) is 0 Å². The number of methoxy groups -OCH3 is 3. The number of nitrogens with zero attached hydrogens (tertiary/aromatic N) is 3. The minimum atomic E-state index is -4.49. The molecule has 3 amide bonds. The van der Waals surface area contributed by atoms with Gasteiger partial charge in [-0.05, 0) is 54.1 Å². The Balaban J connectivity index is 1.55. The van der Waals surface area contributed by atoms with Gasteiger partial charge in [0.15, 0.2) is 0 Å². The van der Waals surface area contributed by atoms with Gasteiger partial charge in [0.25, 0.3) is 5.91 Å². The van der Waals surface area contributed by atoms with Gasteiger partial charge in [0, 0.05) is 30.8 Å². The van der Waals surface area contributed by atoms with Crippen molar-refractivity contribution in [3.8, 4) is 17.2 Å². The van der Waals surface area contributed by atoms with Crippen molar-refractivity contribution in [3.05, 3.63) is 83.4 Å². The van der Waals surface area contributed by atoms with Crippen LogP contribution < -0.4 is 19.5 Å². The summed E-state index contributed by atoms with van der Waals surface area (Å²) in [5.41, 5.74) is 1.43. The van der Waals surface area contributed by atoms with Crippen molar-refractivity contribution in [2.75, 3.05) is 40.2 Å². The molecule has 4 rings (SSSR count). The summed E-state index contributed by atoms with van der Waals surface area (Å²) in [6.45, 7) is -0.338. The number of ether oxygens (including phenoxy) is 3. The van der Waals surface area contributed by atoms with Gasteiger partial charge in [-0.25, -0.2) is 9.80 Å². The van der Waals surface area contributed by atoms with Crippen LogP contribution in [-0.4, -0.2) is 62.5 Å². The van der Waals surface area contributed by atoms with Crippen LogP contribution in [-0.2, 0) is 11.0 Å². The first-order chi connectivity index (χ1) is 19.5. The molecule has 1 aliphatic heterocycles. The number of likely N-dealkylation sites (N-methyl/N-ethyl adjacent to an activating group) is 1. The maximum Gasteiger partial charge on any atom is 0.416 e. The number of amides is 3. The van der Waals surface area contributed by atoms with E-state index in [9.17, 15) is 22.8 Å². The predicted molar refractivity (Wildman–Crippen MR) is 146 cm³/mol. The van der Waals surface area contributed by atoms with Gasteiger partial charge in [-0.1, -0.05) is 12.1 Å². The van der Waals surface area contributed by atoms with E-state index in [0.717, 1.165) is 34.7 Å². The van der Waals surface area contributed by atoms with Crippen LogP contribution in [0.4, 0.5) is 23.7 Å². The van der Waals surface area contributed by atoms with Crippen LogP contribution >= 0.6 is 0 Å². The van der Waals surface area contributed by atoms with Gasteiger partial charge in [-0.2, -0.15) is 18.3 Å². The van der Waals surface area contributed by atoms with Crippen molar-refractivity contribution in [3.63, 3.8) is 0 Å². The molecule has 41 heavy (non-hydrogen) atoms. The Morgan fingerprint density at radius 2 is 1.59 bits per heavy atom. The first kappa shape index (κ1) is 29.2. The summed E-state index contributed by atoms with van der Waals surface area (Å²) < 4.78 is 54.6. The van der Waals surface area contributed by atoms with Crippen LogP contribution in [0.3, 0.4) is 0 Å². The maximum absolute atomic E-state index is 13.5. The molecule has 1 N–H and O–H groups in total. The summed E-state index contributed by atoms with van der Waals surface area (Å²) in [5, 5.41) is 8.47. The second kappa shape index (κ2) is 12.2. The molecule has 0 unspecified atom stereocenters. The Morgan fingerprint density at radius 3 is 2.17 bits per heavy atom. The zero-order valence-corrected chi connectivity index (χ0v) is 22.9. The summed E-state index contributed by atoms with van der Waals surface area (Å²) in [4.78, 5) is 27.4. The topological polar surface area (TPSA) is 92.7 Å². The summed E-state index contributed by atoms with van der Waals surface area (Å²) in [6, 6.07) is 15.5. The minimum absolute atomic E-state index is 0.159. The highest BCUT2D eigenvalue weighted by Crippen LogP contribution is 2.37. The quantitative estimate of drug-likeness (QED) is 0.382. The van der Waals surface area contributed by atoms with E-state index in [-0.39, 0.29) is 12.2 Å². The molecular weight excluding hydrogens is 541 g/mol. The van der Waals surface area contributed by atoms with Gasteiger partial charge in [0.05, 0.1) is 38.6 Å². The third kappa shape index (κ3) is 6.71. The highest BCUT2D eigenvalue weighted by Gasteiger charge is 2.35. The highest BCUT2D eigenvalue weighted by atomic mass is 19.4. The van der Waals surface area contributed by atoms with Crippen LogP contribution in [0, 0.1) is 0 Å². The Labute approximate surface area is 235 Å². The number of nitrogens with one attached hydrogen (secondary N) is 1. The summed E-state index contributed by atoms with van der Waals surface area (Å²) in [5.74, 6) is 1.32. The van der Waals surface area contributed by atoms with E-state index in [1.54, 1.807) is 44.6 Å². The van der Waals surface area contributed by atoms with E-state index in [1.165, 1.54) is 19.2 Å². The van der Waals surface area contributed by atoms with E-state index in [2.05, 4.69) is 10.4 Å². The molecule has 3 aromatic rings. The molecule has 0 saturated heterocycles. The maximum atomic E-state index is 13.5. The summed E-state index contributed by atoms with van der Waals surface area (Å²) in [6.07, 6.45) is -4.11. The SMILES string of the molecule is COc1ccc([C@H]2CC(c3ccc(OC)cc3OC)=NN2C(=O)CN(C)C(=O)Nc2ccc(C(F)(F)F)cc2)cc1. The monoisotopic (exact) mass is 570 g/mol. The zero-order chi connectivity index (χ0) is 29.7. The van der Waals surface area contributed by atoms with Gasteiger partial charge in [-0.3, -0.25) is 4.79 Å². The molecule has 1 atom stereocenters. The number of alkyl halides is 3. The normalized spacial score (nSPS) is 14.8. The molecule has 0 bridgehead atoms. The molecule has 9 nitrogen and oxygen atoms in total. The van der Waals surface area contributed by atoms with E-state index in [4.69, 9.17) is 14.2 Å². The van der Waals surface area contributed by atoms with Crippen molar-refractivity contribution < 1.29 is 37.0 Å². The molecule has 216 valence electrons. The molecule has 0 aromatic heterocycles. The van der Waals surface area contributed by atoms with Gasteiger partial charge >= 0.3 is 12.2 Å². The van der Waals surface area contributed by atoms with Crippen molar-refractivity contribution in [1.29, 1.82) is 0 Å². The van der Waals surface area contributed by atoms with E-state index >= 15 is 0 Å². The van der Waals surface area contributed by atoms with Crippen molar-refractivity contribution in [2.24, 2.45) is 5.10 Å². The van der Waals surface area contributed by atoms with Gasteiger partial charge in [0.1, 0.15) is 23.8 Å². The number of hydrazone groups is 1. The molecule has 3 aromatic carbocycles. The average Bonchev–Trinajstić information content (AvgIpc) is 3.42. The largest absolute Gasteiger partial charge is 0.497 e. The minimum Gasteiger partial charge on any atom is -0.497 e. The second-order valence-corrected chi connectivity index (χ2v) is 9.21. The molecular formula is C29H29F3N4O5. The Hall–Kier alpha value is -4.74. The fraction of sp³-hybridized carbons (Fsp3) is 0.276. The third-order valence-electron chi connectivity index (χ3n) is 6.57. The van der Waals surface area contributed by atoms with Gasteiger partial charge in [0.2, 0.25) is 0 Å². The number of hydrogen-bond donors (Lipinski definition) is 1. The smallest absolute Gasteiger partial charge is 0.416 e. The Kier molecular flexibility index (Phi) is 8.70. The first-order valence-corrected chi connectivity index (χ1v) is 12.5. The molecule has 0 radical (unpaired) electrons. The number of rotatable bonds is 8. The highest BCUT2D eigenvalue weighted by molar-refractivity contribution is 6.05. The van der Waals surface area contributed by atoms with E-state index < -0.39 is 29.7 Å². The van der Waals surface area contributed by atoms with Crippen molar-refractivity contribution in [2.45, 2.75) is 18.6 Å². The predicted octanol–water partition coefficient (Wildman–Crippen LogP) is 5.57. The molecule has 0 aliphatic carbocycles. The molecule has 0 saturated carbocycles. The fourth-order valence-electron chi connectivity index (χ4n) is 4.33. The number of carbonyl (C=O) groups excluding carboxylic acids is 2. The number of carbonyl (C=O) groups is 2. The lowest BCUT2D eigenvalue weighted by Gasteiger charge is -2.25. The lowest BCUT2D eigenvalue weighted by atomic mass is 9.97.